The number of nitrogens with zero attached hydrogens (tertiary/aromatic N) is 2. The molecule has 7 nitrogen and oxygen atoms in total. The van der Waals surface area contributed by atoms with Gasteiger partial charge in [-0.1, -0.05) is 18.2 Å². The van der Waals surface area contributed by atoms with Gasteiger partial charge < -0.3 is 16.3 Å². The lowest BCUT2D eigenvalue weighted by Gasteiger charge is -2.07. The van der Waals surface area contributed by atoms with Crippen molar-refractivity contribution in [1.82, 2.24) is 4.98 Å². The summed E-state index contributed by atoms with van der Waals surface area (Å²) in [4.78, 5) is 12.9. The van der Waals surface area contributed by atoms with E-state index in [1.165, 1.54) is 10.9 Å². The topological polar surface area (TPSA) is 114 Å². The van der Waals surface area contributed by atoms with Crippen LogP contribution in [0.15, 0.2) is 30.3 Å². The van der Waals surface area contributed by atoms with Crippen LogP contribution in [0.1, 0.15) is 5.56 Å². The minimum Gasteiger partial charge on any atom is -0.369 e. The third kappa shape index (κ3) is 4.76. The van der Waals surface area contributed by atoms with Crippen LogP contribution in [-0.4, -0.2) is 28.4 Å². The molecule has 102 valence electrons. The minimum absolute atomic E-state index is 0.619. The van der Waals surface area contributed by atoms with Crippen molar-refractivity contribution in [2.75, 3.05) is 18.4 Å². The smallest absolute Gasteiger partial charge is 0.291 e. The van der Waals surface area contributed by atoms with E-state index >= 15 is 0 Å². The highest BCUT2D eigenvalue weighted by Crippen LogP contribution is 2.19. The van der Waals surface area contributed by atoms with E-state index in [-0.39, 0.29) is 0 Å². The maximum atomic E-state index is 8.36. The number of fused-ring (bicyclic) bond motifs is 1. The molecule has 0 atom stereocenters. The molecule has 1 aromatic heterocycles. The summed E-state index contributed by atoms with van der Waals surface area (Å²) in [6.07, 6.45) is 0. The van der Waals surface area contributed by atoms with Crippen molar-refractivity contribution >= 4 is 16.7 Å². The molecular weight excluding hydrogens is 248 g/mol. The van der Waals surface area contributed by atoms with Crippen molar-refractivity contribution in [3.05, 3.63) is 46.0 Å². The van der Waals surface area contributed by atoms with Crippen LogP contribution in [0.2, 0.25) is 0 Å². The van der Waals surface area contributed by atoms with Gasteiger partial charge in [0.05, 0.1) is 5.52 Å². The van der Waals surface area contributed by atoms with Crippen molar-refractivity contribution < 1.29 is 10.3 Å². The van der Waals surface area contributed by atoms with Gasteiger partial charge in [-0.2, -0.15) is 0 Å². The molecule has 0 aliphatic heterocycles. The monoisotopic (exact) mass is 264 g/mol. The van der Waals surface area contributed by atoms with Gasteiger partial charge in [-0.25, -0.2) is 4.98 Å². The van der Waals surface area contributed by atoms with E-state index in [0.29, 0.717) is 6.54 Å². The first-order valence-electron chi connectivity index (χ1n) is 5.68. The highest BCUT2D eigenvalue weighted by molar-refractivity contribution is 5.83. The number of nitrogens with one attached hydrogen (secondary N) is 1. The van der Waals surface area contributed by atoms with Gasteiger partial charge in [0.1, 0.15) is 5.82 Å². The van der Waals surface area contributed by atoms with Gasteiger partial charge in [-0.05, 0) is 24.6 Å². The predicted molar refractivity (Wildman–Crippen MR) is 72.8 cm³/mol. The molecule has 0 radical (unpaired) electrons. The molecule has 0 amide bonds. The molecule has 2 rings (SSSR count). The minimum atomic E-state index is -1.50. The number of benzene rings is 1. The molecule has 1 heterocycles. The highest BCUT2D eigenvalue weighted by Gasteiger charge is 2.00. The molecule has 0 unspecified atom stereocenters. The van der Waals surface area contributed by atoms with E-state index < -0.39 is 5.09 Å². The zero-order valence-electron chi connectivity index (χ0n) is 10.5. The van der Waals surface area contributed by atoms with Crippen LogP contribution in [0.5, 0.6) is 0 Å². The first kappa shape index (κ1) is 14.7. The Morgan fingerprint density at radius 1 is 1.47 bits per heavy atom. The molecule has 4 N–H and O–H groups in total. The summed E-state index contributed by atoms with van der Waals surface area (Å²) >= 11 is 0. The molecular formula is C12H16N4O3. The Hall–Kier alpha value is -2.41. The van der Waals surface area contributed by atoms with E-state index in [4.69, 9.17) is 21.1 Å². The number of rotatable bonds is 3. The Kier molecular flexibility index (Phi) is 5.49. The predicted octanol–water partition coefficient (Wildman–Crippen LogP) is 1.57. The van der Waals surface area contributed by atoms with E-state index in [1.54, 1.807) is 0 Å². The Morgan fingerprint density at radius 2 is 2.11 bits per heavy atom. The second-order valence-corrected chi connectivity index (χ2v) is 3.79. The number of anilines is 1. The fourth-order valence-corrected chi connectivity index (χ4v) is 1.64. The Morgan fingerprint density at radius 3 is 2.74 bits per heavy atom. The summed E-state index contributed by atoms with van der Waals surface area (Å²) in [5, 5.41) is 18.0. The van der Waals surface area contributed by atoms with E-state index in [9.17, 15) is 0 Å². The zero-order valence-corrected chi connectivity index (χ0v) is 10.5. The molecule has 0 saturated carbocycles. The summed E-state index contributed by atoms with van der Waals surface area (Å²) in [5.74, 6) is 0.900. The molecule has 0 spiro atoms. The fourth-order valence-electron chi connectivity index (χ4n) is 1.64. The largest absolute Gasteiger partial charge is 0.369 e. The molecule has 0 aliphatic rings. The third-order valence-corrected chi connectivity index (χ3v) is 2.37. The fraction of sp³-hybridized carbons (Fsp3) is 0.250. The quantitative estimate of drug-likeness (QED) is 0.572. The van der Waals surface area contributed by atoms with Gasteiger partial charge in [0.2, 0.25) is 0 Å². The lowest BCUT2D eigenvalue weighted by Crippen LogP contribution is -2.13. The molecule has 7 heteroatoms. The van der Waals surface area contributed by atoms with Crippen molar-refractivity contribution in [2.45, 2.75) is 6.92 Å². The highest BCUT2D eigenvalue weighted by atomic mass is 16.9. The van der Waals surface area contributed by atoms with Crippen LogP contribution in [0.4, 0.5) is 5.82 Å². The van der Waals surface area contributed by atoms with E-state index in [2.05, 4.69) is 29.4 Å². The SMILES string of the molecule is Cc1cc(NCCN)nc2ccccc12.O=[N+]([O-])O. The second kappa shape index (κ2) is 7.12. The van der Waals surface area contributed by atoms with E-state index in [1.807, 2.05) is 18.2 Å². The number of nitrogens with two attached hydrogens (primary N) is 1. The summed E-state index contributed by atoms with van der Waals surface area (Å²) in [6.45, 7) is 3.47. The van der Waals surface area contributed by atoms with Gasteiger partial charge in [0, 0.05) is 18.5 Å². The second-order valence-electron chi connectivity index (χ2n) is 3.79. The average molecular weight is 264 g/mol. The van der Waals surface area contributed by atoms with Crippen LogP contribution in [0.25, 0.3) is 10.9 Å². The third-order valence-electron chi connectivity index (χ3n) is 2.37. The molecule has 0 aliphatic carbocycles. The van der Waals surface area contributed by atoms with Crippen molar-refractivity contribution in [1.29, 1.82) is 0 Å². The van der Waals surface area contributed by atoms with Gasteiger partial charge in [0.15, 0.2) is 0 Å². The number of para-hydroxylation sites is 1. The first-order valence-corrected chi connectivity index (χ1v) is 5.68. The Bertz CT molecular complexity index is 556. The number of aryl methyl sites for hydroxylation is 1. The summed E-state index contributed by atoms with van der Waals surface area (Å²) < 4.78 is 0. The molecule has 19 heavy (non-hydrogen) atoms. The van der Waals surface area contributed by atoms with Gasteiger partial charge >= 0.3 is 0 Å². The summed E-state index contributed by atoms with van der Waals surface area (Å²) in [5.41, 5.74) is 7.70. The van der Waals surface area contributed by atoms with E-state index in [0.717, 1.165) is 17.9 Å². The lowest BCUT2D eigenvalue weighted by atomic mass is 10.1. The molecule has 0 saturated heterocycles. The van der Waals surface area contributed by atoms with Gasteiger partial charge in [-0.3, -0.25) is 0 Å². The van der Waals surface area contributed by atoms with Crippen molar-refractivity contribution in [3.8, 4) is 0 Å². The van der Waals surface area contributed by atoms with Gasteiger partial charge in [0.25, 0.3) is 5.09 Å². The standard InChI is InChI=1S/C12H15N3.HNO3/c1-9-8-12(14-7-6-13)15-11-5-3-2-4-10(9)11;2-1(3)4/h2-5,8H,6-7,13H2,1H3,(H,14,15);(H,2,3,4). The molecule has 0 bridgehead atoms. The molecule has 1 aromatic carbocycles. The van der Waals surface area contributed by atoms with Crippen LogP contribution in [-0.2, 0) is 0 Å². The number of pyridine rings is 1. The Balaban J connectivity index is 0.000000399. The first-order chi connectivity index (χ1) is 9.04. The van der Waals surface area contributed by atoms with Crippen LogP contribution < -0.4 is 11.1 Å². The summed E-state index contributed by atoms with van der Waals surface area (Å²) in [6, 6.07) is 10.2. The lowest BCUT2D eigenvalue weighted by molar-refractivity contribution is -0.742. The number of hydrogen-bond acceptors (Lipinski definition) is 5. The van der Waals surface area contributed by atoms with Crippen molar-refractivity contribution in [2.24, 2.45) is 5.73 Å². The number of hydrogen-bond donors (Lipinski definition) is 3. The molecule has 0 fully saturated rings. The van der Waals surface area contributed by atoms with Crippen LogP contribution >= 0.6 is 0 Å². The normalized spacial score (nSPS) is 9.58. The van der Waals surface area contributed by atoms with Crippen LogP contribution in [0.3, 0.4) is 0 Å². The average Bonchev–Trinajstić information content (AvgIpc) is 2.36. The number of aromatic nitrogens is 1. The van der Waals surface area contributed by atoms with Crippen molar-refractivity contribution in [3.63, 3.8) is 0 Å². The van der Waals surface area contributed by atoms with Gasteiger partial charge in [-0.15, -0.1) is 10.1 Å². The van der Waals surface area contributed by atoms with Crippen LogP contribution in [0, 0.1) is 17.0 Å². The molecule has 2 aromatic rings. The zero-order chi connectivity index (χ0) is 14.3. The summed E-state index contributed by atoms with van der Waals surface area (Å²) in [7, 11) is 0. The maximum absolute atomic E-state index is 8.36. The Labute approximate surface area is 110 Å². The maximum Gasteiger partial charge on any atom is 0.291 e.